The van der Waals surface area contributed by atoms with Gasteiger partial charge >= 0.3 is 0 Å². The van der Waals surface area contributed by atoms with Crippen molar-refractivity contribution in [3.8, 4) is 0 Å². The van der Waals surface area contributed by atoms with Gasteiger partial charge in [-0.05, 0) is 57.8 Å². The second kappa shape index (κ2) is 6.23. The van der Waals surface area contributed by atoms with Crippen LogP contribution < -0.4 is 5.32 Å². The predicted molar refractivity (Wildman–Crippen MR) is 87.9 cm³/mol. The number of hydrogen-bond donors (Lipinski definition) is 1. The Kier molecular flexibility index (Phi) is 4.49. The van der Waals surface area contributed by atoms with E-state index in [1.165, 1.54) is 25.7 Å². The molecule has 2 aliphatic carbocycles. The van der Waals surface area contributed by atoms with Gasteiger partial charge in [0.2, 0.25) is 5.91 Å². The van der Waals surface area contributed by atoms with E-state index < -0.39 is 0 Å². The molecule has 5 heteroatoms. The SMILES string of the molecule is Cc1nn(CCC(=O)N[C@H](C)[C@@H]2C[C@H]3CC[C@H]2C3)c(C)c1Cl. The van der Waals surface area contributed by atoms with Crippen LogP contribution in [0.5, 0.6) is 0 Å². The molecular formula is C17H26ClN3O. The molecule has 1 aromatic heterocycles. The Morgan fingerprint density at radius 1 is 1.41 bits per heavy atom. The zero-order chi connectivity index (χ0) is 15.9. The molecule has 4 nitrogen and oxygen atoms in total. The van der Waals surface area contributed by atoms with Crippen LogP contribution in [-0.2, 0) is 11.3 Å². The largest absolute Gasteiger partial charge is 0.353 e. The lowest BCUT2D eigenvalue weighted by atomic mass is 9.84. The van der Waals surface area contributed by atoms with Crippen LogP contribution in [0.15, 0.2) is 0 Å². The number of carbonyl (C=O) groups is 1. The fraction of sp³-hybridized carbons (Fsp3) is 0.765. The molecule has 0 aliphatic heterocycles. The zero-order valence-corrected chi connectivity index (χ0v) is 14.5. The lowest BCUT2D eigenvalue weighted by Gasteiger charge is -2.28. The third kappa shape index (κ3) is 3.03. The summed E-state index contributed by atoms with van der Waals surface area (Å²) in [5.74, 6) is 2.58. The molecule has 0 spiro atoms. The zero-order valence-electron chi connectivity index (χ0n) is 13.7. The highest BCUT2D eigenvalue weighted by molar-refractivity contribution is 6.31. The first kappa shape index (κ1) is 15.9. The summed E-state index contributed by atoms with van der Waals surface area (Å²) in [5, 5.41) is 8.28. The number of nitrogens with one attached hydrogen (secondary N) is 1. The number of carbonyl (C=O) groups excluding carboxylic acids is 1. The second-order valence-electron chi connectivity index (χ2n) is 7.15. The van der Waals surface area contributed by atoms with Crippen molar-refractivity contribution in [1.82, 2.24) is 15.1 Å². The van der Waals surface area contributed by atoms with Crippen molar-refractivity contribution in [3.05, 3.63) is 16.4 Å². The average molecular weight is 324 g/mol. The first-order valence-corrected chi connectivity index (χ1v) is 8.82. The van der Waals surface area contributed by atoms with Crippen LogP contribution >= 0.6 is 11.6 Å². The van der Waals surface area contributed by atoms with E-state index in [-0.39, 0.29) is 5.91 Å². The molecule has 0 radical (unpaired) electrons. The second-order valence-corrected chi connectivity index (χ2v) is 7.53. The number of aryl methyl sites for hydroxylation is 2. The normalized spacial score (nSPS) is 28.1. The highest BCUT2D eigenvalue weighted by atomic mass is 35.5. The van der Waals surface area contributed by atoms with Gasteiger partial charge in [-0.25, -0.2) is 0 Å². The van der Waals surface area contributed by atoms with Crippen molar-refractivity contribution < 1.29 is 4.79 Å². The third-order valence-corrected chi connectivity index (χ3v) is 6.21. The smallest absolute Gasteiger partial charge is 0.222 e. The van der Waals surface area contributed by atoms with Crippen molar-refractivity contribution >= 4 is 17.5 Å². The summed E-state index contributed by atoms with van der Waals surface area (Å²) >= 11 is 6.14. The first-order valence-electron chi connectivity index (χ1n) is 8.44. The summed E-state index contributed by atoms with van der Waals surface area (Å²) in [6.07, 6.45) is 5.91. The molecule has 2 saturated carbocycles. The van der Waals surface area contributed by atoms with E-state index in [9.17, 15) is 4.79 Å². The molecule has 0 aromatic carbocycles. The van der Waals surface area contributed by atoms with Gasteiger partial charge in [-0.2, -0.15) is 5.10 Å². The van der Waals surface area contributed by atoms with Crippen LogP contribution in [0.25, 0.3) is 0 Å². The number of amides is 1. The molecule has 2 bridgehead atoms. The van der Waals surface area contributed by atoms with Crippen molar-refractivity contribution in [2.75, 3.05) is 0 Å². The molecule has 2 aliphatic rings. The molecule has 3 rings (SSSR count). The van der Waals surface area contributed by atoms with Crippen LogP contribution in [-0.4, -0.2) is 21.7 Å². The van der Waals surface area contributed by atoms with E-state index in [1.807, 2.05) is 18.5 Å². The van der Waals surface area contributed by atoms with Gasteiger partial charge in [0.1, 0.15) is 0 Å². The Labute approximate surface area is 137 Å². The van der Waals surface area contributed by atoms with Gasteiger partial charge in [-0.1, -0.05) is 18.0 Å². The van der Waals surface area contributed by atoms with Gasteiger partial charge in [0, 0.05) is 12.5 Å². The predicted octanol–water partition coefficient (Wildman–Crippen LogP) is 3.48. The van der Waals surface area contributed by atoms with E-state index >= 15 is 0 Å². The number of halogens is 1. The molecule has 1 heterocycles. The maximum atomic E-state index is 12.2. The van der Waals surface area contributed by atoms with Crippen LogP contribution in [0.4, 0.5) is 0 Å². The Hall–Kier alpha value is -1.03. The van der Waals surface area contributed by atoms with Crippen molar-refractivity contribution in [3.63, 3.8) is 0 Å². The molecular weight excluding hydrogens is 298 g/mol. The third-order valence-electron chi connectivity index (χ3n) is 5.67. The minimum absolute atomic E-state index is 0.124. The van der Waals surface area contributed by atoms with E-state index in [2.05, 4.69) is 17.3 Å². The summed E-state index contributed by atoms with van der Waals surface area (Å²) in [4.78, 5) is 12.2. The van der Waals surface area contributed by atoms with Gasteiger partial charge < -0.3 is 5.32 Å². The summed E-state index contributed by atoms with van der Waals surface area (Å²) in [6, 6.07) is 0.298. The monoisotopic (exact) mass is 323 g/mol. The maximum absolute atomic E-state index is 12.2. The Morgan fingerprint density at radius 2 is 2.18 bits per heavy atom. The fourth-order valence-corrected chi connectivity index (χ4v) is 4.58. The molecule has 1 N–H and O–H groups in total. The Morgan fingerprint density at radius 3 is 2.73 bits per heavy atom. The van der Waals surface area contributed by atoms with Gasteiger partial charge in [0.25, 0.3) is 0 Å². The van der Waals surface area contributed by atoms with E-state index in [4.69, 9.17) is 11.6 Å². The molecule has 22 heavy (non-hydrogen) atoms. The van der Waals surface area contributed by atoms with Crippen molar-refractivity contribution in [1.29, 1.82) is 0 Å². The summed E-state index contributed by atoms with van der Waals surface area (Å²) in [7, 11) is 0. The van der Waals surface area contributed by atoms with Crippen molar-refractivity contribution in [2.45, 2.75) is 65.5 Å². The summed E-state index contributed by atoms with van der Waals surface area (Å²) < 4.78 is 1.83. The molecule has 1 aromatic rings. The lowest BCUT2D eigenvalue weighted by Crippen LogP contribution is -2.40. The Bertz CT molecular complexity index is 568. The van der Waals surface area contributed by atoms with E-state index in [0.717, 1.165) is 23.2 Å². The quantitative estimate of drug-likeness (QED) is 0.901. The van der Waals surface area contributed by atoms with Crippen LogP contribution in [0.1, 0.15) is 50.4 Å². The highest BCUT2D eigenvalue weighted by Gasteiger charge is 2.42. The standard InChI is InChI=1S/C17H26ClN3O/c1-10(15-9-13-4-5-14(15)8-13)19-16(22)6-7-21-12(3)17(18)11(2)20-21/h10,13-15H,4-9H2,1-3H3,(H,19,22)/t10-,13+,14+,15+/m1/s1. The van der Waals surface area contributed by atoms with Crippen molar-refractivity contribution in [2.24, 2.45) is 17.8 Å². The van der Waals surface area contributed by atoms with Crippen LogP contribution in [0.3, 0.4) is 0 Å². The first-order chi connectivity index (χ1) is 10.5. The highest BCUT2D eigenvalue weighted by Crippen LogP contribution is 2.49. The lowest BCUT2D eigenvalue weighted by molar-refractivity contribution is -0.122. The molecule has 0 unspecified atom stereocenters. The Balaban J connectivity index is 1.49. The van der Waals surface area contributed by atoms with Gasteiger partial charge in [-0.3, -0.25) is 9.48 Å². The van der Waals surface area contributed by atoms with Crippen LogP contribution in [0, 0.1) is 31.6 Å². The summed E-state index contributed by atoms with van der Waals surface area (Å²) in [6.45, 7) is 6.60. The number of hydrogen-bond acceptors (Lipinski definition) is 2. The average Bonchev–Trinajstić information content (AvgIpc) is 3.17. The minimum Gasteiger partial charge on any atom is -0.353 e. The number of aromatic nitrogens is 2. The number of fused-ring (bicyclic) bond motifs is 2. The molecule has 2 fully saturated rings. The van der Waals surface area contributed by atoms with E-state index in [0.29, 0.717) is 29.9 Å². The molecule has 122 valence electrons. The van der Waals surface area contributed by atoms with E-state index in [1.54, 1.807) is 0 Å². The summed E-state index contributed by atoms with van der Waals surface area (Å²) in [5.41, 5.74) is 1.77. The number of rotatable bonds is 5. The topological polar surface area (TPSA) is 46.9 Å². The number of nitrogens with zero attached hydrogens (tertiary/aromatic N) is 2. The molecule has 1 amide bonds. The van der Waals surface area contributed by atoms with Crippen LogP contribution in [0.2, 0.25) is 5.02 Å². The van der Waals surface area contributed by atoms with Gasteiger partial charge in [0.05, 0.1) is 23.0 Å². The maximum Gasteiger partial charge on any atom is 0.222 e. The molecule has 0 saturated heterocycles. The minimum atomic E-state index is 0.124. The van der Waals surface area contributed by atoms with Gasteiger partial charge in [0.15, 0.2) is 0 Å². The fourth-order valence-electron chi connectivity index (χ4n) is 4.44. The molecule has 4 atom stereocenters. The van der Waals surface area contributed by atoms with Gasteiger partial charge in [-0.15, -0.1) is 0 Å².